The Morgan fingerprint density at radius 2 is 2.05 bits per heavy atom. The molecule has 19 heavy (non-hydrogen) atoms. The second kappa shape index (κ2) is 12.9. The van der Waals surface area contributed by atoms with E-state index in [4.69, 9.17) is 0 Å². The summed E-state index contributed by atoms with van der Waals surface area (Å²) < 4.78 is 2.98. The third-order valence-corrected chi connectivity index (χ3v) is 3.71. The van der Waals surface area contributed by atoms with Crippen LogP contribution in [-0.4, -0.2) is 26.6 Å². The molecule has 1 atom stereocenters. The van der Waals surface area contributed by atoms with E-state index in [2.05, 4.69) is 71.4 Å². The minimum Gasteiger partial charge on any atom is -0.337 e. The van der Waals surface area contributed by atoms with E-state index >= 15 is 0 Å². The van der Waals surface area contributed by atoms with Gasteiger partial charge in [-0.2, -0.15) is 0 Å². The van der Waals surface area contributed by atoms with Gasteiger partial charge in [-0.15, -0.1) is 0 Å². The number of alkyl halides is 1. The number of hydrogen-bond acceptors (Lipinski definition) is 2. The largest absolute Gasteiger partial charge is 0.337 e. The summed E-state index contributed by atoms with van der Waals surface area (Å²) in [6.07, 6.45) is 9.02. The first-order chi connectivity index (χ1) is 9.17. The fraction of sp³-hybridized carbons (Fsp3) is 0.800. The molecule has 1 fully saturated rings. The second-order valence-corrected chi connectivity index (χ2v) is 6.46. The number of piperidine rings is 1. The average molecular weight is 379 g/mol. The minimum atomic E-state index is 0.895. The predicted molar refractivity (Wildman–Crippen MR) is 93.2 cm³/mol. The van der Waals surface area contributed by atoms with E-state index in [1.165, 1.54) is 38.0 Å². The highest BCUT2D eigenvalue weighted by molar-refractivity contribution is 14.1. The highest BCUT2D eigenvalue weighted by atomic mass is 127. The summed E-state index contributed by atoms with van der Waals surface area (Å²) >= 11 is 2.49. The van der Waals surface area contributed by atoms with Gasteiger partial charge in [0.15, 0.2) is 0 Å². The lowest BCUT2D eigenvalue weighted by Gasteiger charge is -2.16. The molecule has 0 saturated carbocycles. The number of nitrogens with zero attached hydrogens (tertiary/aromatic N) is 2. The average Bonchev–Trinajstić information content (AvgIpc) is 2.89. The summed E-state index contributed by atoms with van der Waals surface area (Å²) in [7, 11) is 0. The van der Waals surface area contributed by atoms with E-state index < -0.39 is 0 Å². The Balaban J connectivity index is 0.000000289. The summed E-state index contributed by atoms with van der Waals surface area (Å²) in [4.78, 5) is 4.17. The smallest absolute Gasteiger partial charge is 0.0949 e. The number of rotatable bonds is 2. The zero-order chi connectivity index (χ0) is 14.5. The lowest BCUT2D eigenvalue weighted by atomic mass is 10.2. The molecule has 0 spiro atoms. The van der Waals surface area contributed by atoms with Gasteiger partial charge in [-0.25, -0.2) is 4.98 Å². The SMILES string of the molecule is CCC.CCc1cn(CC)cn1.I[C@H]1CCCNC1. The highest BCUT2D eigenvalue weighted by Crippen LogP contribution is 2.09. The quantitative estimate of drug-likeness (QED) is 0.621. The second-order valence-electron chi connectivity index (χ2n) is 4.70. The van der Waals surface area contributed by atoms with E-state index in [1.807, 2.05) is 6.33 Å². The Bertz CT molecular complexity index is 275. The summed E-state index contributed by atoms with van der Waals surface area (Å²) in [6, 6.07) is 0. The van der Waals surface area contributed by atoms with Gasteiger partial charge in [0.2, 0.25) is 0 Å². The third kappa shape index (κ3) is 10.4. The van der Waals surface area contributed by atoms with Gasteiger partial charge < -0.3 is 9.88 Å². The molecule has 0 aromatic carbocycles. The molecular weight excluding hydrogens is 349 g/mol. The monoisotopic (exact) mass is 379 g/mol. The highest BCUT2D eigenvalue weighted by Gasteiger charge is 2.06. The van der Waals surface area contributed by atoms with E-state index in [1.54, 1.807) is 0 Å². The molecule has 0 aliphatic carbocycles. The Morgan fingerprint density at radius 3 is 2.32 bits per heavy atom. The topological polar surface area (TPSA) is 29.9 Å². The summed E-state index contributed by atoms with van der Waals surface area (Å²) in [5, 5.41) is 3.33. The molecule has 1 aromatic rings. The Hall–Kier alpha value is -0.100. The van der Waals surface area contributed by atoms with Crippen molar-refractivity contribution in [3.63, 3.8) is 0 Å². The number of hydrogen-bond donors (Lipinski definition) is 1. The number of imidazole rings is 1. The maximum absolute atomic E-state index is 4.17. The molecule has 0 bridgehead atoms. The summed E-state index contributed by atoms with van der Waals surface area (Å²) in [6.45, 7) is 12.0. The van der Waals surface area contributed by atoms with Crippen molar-refractivity contribution in [2.45, 2.75) is 63.8 Å². The van der Waals surface area contributed by atoms with Crippen LogP contribution in [0.3, 0.4) is 0 Å². The van der Waals surface area contributed by atoms with Gasteiger partial charge in [0.25, 0.3) is 0 Å². The van der Waals surface area contributed by atoms with E-state index in [9.17, 15) is 0 Å². The predicted octanol–water partition coefficient (Wildman–Crippen LogP) is 4.06. The first-order valence-electron chi connectivity index (χ1n) is 7.53. The van der Waals surface area contributed by atoms with Crippen molar-refractivity contribution in [2.24, 2.45) is 0 Å². The van der Waals surface area contributed by atoms with E-state index in [0.717, 1.165) is 16.9 Å². The van der Waals surface area contributed by atoms with Crippen molar-refractivity contribution < 1.29 is 0 Å². The molecular formula is C15H30IN3. The number of aromatic nitrogens is 2. The van der Waals surface area contributed by atoms with Crippen LogP contribution >= 0.6 is 22.6 Å². The fourth-order valence-electron chi connectivity index (χ4n) is 1.57. The van der Waals surface area contributed by atoms with Crippen LogP contribution in [0.1, 0.15) is 52.7 Å². The summed E-state index contributed by atoms with van der Waals surface area (Å²) in [5.74, 6) is 0. The molecule has 112 valence electrons. The number of halogens is 1. The molecule has 2 heterocycles. The van der Waals surface area contributed by atoms with Crippen LogP contribution in [0.15, 0.2) is 12.5 Å². The van der Waals surface area contributed by atoms with Crippen molar-refractivity contribution in [3.05, 3.63) is 18.2 Å². The van der Waals surface area contributed by atoms with Crippen LogP contribution in [0.25, 0.3) is 0 Å². The molecule has 1 aromatic heterocycles. The van der Waals surface area contributed by atoms with E-state index in [-0.39, 0.29) is 0 Å². The maximum Gasteiger partial charge on any atom is 0.0949 e. The van der Waals surface area contributed by atoms with Crippen LogP contribution in [0.5, 0.6) is 0 Å². The van der Waals surface area contributed by atoms with Crippen molar-refractivity contribution in [1.29, 1.82) is 0 Å². The first kappa shape index (κ1) is 18.9. The maximum atomic E-state index is 4.17. The Labute approximate surface area is 132 Å². The molecule has 4 heteroatoms. The Morgan fingerprint density at radius 1 is 1.37 bits per heavy atom. The fourth-order valence-corrected chi connectivity index (χ4v) is 2.32. The zero-order valence-electron chi connectivity index (χ0n) is 13.0. The first-order valence-corrected chi connectivity index (χ1v) is 8.77. The molecule has 1 N–H and O–H groups in total. The zero-order valence-corrected chi connectivity index (χ0v) is 15.1. The van der Waals surface area contributed by atoms with Gasteiger partial charge >= 0.3 is 0 Å². The summed E-state index contributed by atoms with van der Waals surface area (Å²) in [5.41, 5.74) is 1.18. The third-order valence-electron chi connectivity index (χ3n) is 2.65. The van der Waals surface area contributed by atoms with E-state index in [0.29, 0.717) is 0 Å². The normalized spacial score (nSPS) is 17.8. The van der Waals surface area contributed by atoms with Gasteiger partial charge in [-0.3, -0.25) is 0 Å². The standard InChI is InChI=1S/C7H12N2.C5H10IN.C3H8/c1-3-7-5-9(4-2)6-8-7;6-5-2-1-3-7-4-5;1-3-2/h5-6H,3-4H2,1-2H3;5,7H,1-4H2;3H2,1-2H3/t;5-;/m.0./s1. The molecule has 2 rings (SSSR count). The minimum absolute atomic E-state index is 0.895. The Kier molecular flexibility index (Phi) is 12.8. The van der Waals surface area contributed by atoms with Gasteiger partial charge in [-0.1, -0.05) is 49.8 Å². The number of aryl methyl sites for hydroxylation is 2. The van der Waals surface area contributed by atoms with Gasteiger partial charge in [0.05, 0.1) is 12.0 Å². The van der Waals surface area contributed by atoms with Crippen molar-refractivity contribution in [2.75, 3.05) is 13.1 Å². The van der Waals surface area contributed by atoms with Gasteiger partial charge in [0.1, 0.15) is 0 Å². The molecule has 1 saturated heterocycles. The lowest BCUT2D eigenvalue weighted by molar-refractivity contribution is 0.543. The van der Waals surface area contributed by atoms with Crippen molar-refractivity contribution >= 4 is 22.6 Å². The molecule has 3 nitrogen and oxygen atoms in total. The van der Waals surface area contributed by atoms with Crippen molar-refractivity contribution in [1.82, 2.24) is 14.9 Å². The molecule has 1 aliphatic heterocycles. The van der Waals surface area contributed by atoms with Crippen LogP contribution in [0.2, 0.25) is 0 Å². The molecule has 1 aliphatic rings. The molecule has 0 radical (unpaired) electrons. The molecule has 0 amide bonds. The van der Waals surface area contributed by atoms with Crippen LogP contribution in [0, 0.1) is 0 Å². The number of nitrogens with one attached hydrogen (secondary N) is 1. The van der Waals surface area contributed by atoms with Gasteiger partial charge in [-0.05, 0) is 32.7 Å². The van der Waals surface area contributed by atoms with Crippen LogP contribution in [0.4, 0.5) is 0 Å². The van der Waals surface area contributed by atoms with Crippen molar-refractivity contribution in [3.8, 4) is 0 Å². The van der Waals surface area contributed by atoms with Gasteiger partial charge in [0, 0.05) is 23.2 Å². The molecule has 0 unspecified atom stereocenters. The van der Waals surface area contributed by atoms with Crippen LogP contribution in [-0.2, 0) is 13.0 Å². The lowest BCUT2D eigenvalue weighted by Crippen LogP contribution is -2.29. The van der Waals surface area contributed by atoms with Crippen LogP contribution < -0.4 is 5.32 Å².